The summed E-state index contributed by atoms with van der Waals surface area (Å²) in [5, 5.41) is 2.93. The molecule has 2 rings (SSSR count). The van der Waals surface area contributed by atoms with Crippen molar-refractivity contribution >= 4 is 5.91 Å². The van der Waals surface area contributed by atoms with Crippen molar-refractivity contribution in [3.63, 3.8) is 0 Å². The largest absolute Gasteiger partial charge is 0.349 e. The van der Waals surface area contributed by atoms with E-state index in [0.29, 0.717) is 12.5 Å². The van der Waals surface area contributed by atoms with E-state index in [1.807, 2.05) is 6.92 Å². The van der Waals surface area contributed by atoms with Crippen LogP contribution in [0.25, 0.3) is 0 Å². The van der Waals surface area contributed by atoms with Crippen molar-refractivity contribution < 1.29 is 13.6 Å². The number of carbonyl (C=O) groups is 1. The number of benzene rings is 1. The SMILES string of the molecule is CC(CN)(NC(=O)CCc1cccc(F)c1F)C1CC1. The van der Waals surface area contributed by atoms with Gasteiger partial charge in [0.2, 0.25) is 5.91 Å². The maximum atomic E-state index is 13.5. The third-order valence-electron chi connectivity index (χ3n) is 3.98. The molecule has 1 aliphatic carbocycles. The minimum absolute atomic E-state index is 0.128. The lowest BCUT2D eigenvalue weighted by Gasteiger charge is -2.29. The zero-order valence-corrected chi connectivity index (χ0v) is 11.6. The van der Waals surface area contributed by atoms with Gasteiger partial charge in [0, 0.05) is 13.0 Å². The summed E-state index contributed by atoms with van der Waals surface area (Å²) in [5.74, 6) is -1.49. The number of rotatable bonds is 6. The molecule has 0 bridgehead atoms. The van der Waals surface area contributed by atoms with Gasteiger partial charge in [-0.1, -0.05) is 12.1 Å². The van der Waals surface area contributed by atoms with Crippen LogP contribution in [0.4, 0.5) is 8.78 Å². The molecule has 0 radical (unpaired) electrons. The second kappa shape index (κ2) is 5.87. The molecule has 1 aromatic carbocycles. The Bertz CT molecular complexity index is 503. The van der Waals surface area contributed by atoms with Gasteiger partial charge < -0.3 is 11.1 Å². The van der Waals surface area contributed by atoms with Gasteiger partial charge >= 0.3 is 0 Å². The first kappa shape index (κ1) is 14.9. The van der Waals surface area contributed by atoms with Crippen molar-refractivity contribution in [2.45, 2.75) is 38.1 Å². The van der Waals surface area contributed by atoms with E-state index in [4.69, 9.17) is 5.73 Å². The molecule has 1 fully saturated rings. The molecule has 1 amide bonds. The standard InChI is InChI=1S/C15H20F2N2O/c1-15(9-18,11-6-7-11)19-13(20)8-5-10-3-2-4-12(16)14(10)17/h2-4,11H,5-9,18H2,1H3,(H,19,20). The van der Waals surface area contributed by atoms with Crippen LogP contribution >= 0.6 is 0 Å². The summed E-state index contributed by atoms with van der Waals surface area (Å²) in [6, 6.07) is 4.01. The molecule has 0 aliphatic heterocycles. The van der Waals surface area contributed by atoms with Crippen LogP contribution in [0.2, 0.25) is 0 Å². The van der Waals surface area contributed by atoms with Gasteiger partial charge in [0.1, 0.15) is 0 Å². The molecule has 1 atom stereocenters. The number of halogens is 2. The van der Waals surface area contributed by atoms with E-state index in [0.717, 1.165) is 18.9 Å². The fraction of sp³-hybridized carbons (Fsp3) is 0.533. The van der Waals surface area contributed by atoms with Crippen molar-refractivity contribution in [2.24, 2.45) is 11.7 Å². The number of amides is 1. The molecule has 110 valence electrons. The zero-order valence-electron chi connectivity index (χ0n) is 11.6. The van der Waals surface area contributed by atoms with E-state index in [9.17, 15) is 13.6 Å². The molecular weight excluding hydrogens is 262 g/mol. The Morgan fingerprint density at radius 3 is 2.75 bits per heavy atom. The monoisotopic (exact) mass is 282 g/mol. The molecule has 1 unspecified atom stereocenters. The quantitative estimate of drug-likeness (QED) is 0.840. The number of hydrogen-bond donors (Lipinski definition) is 2. The van der Waals surface area contributed by atoms with Crippen molar-refractivity contribution in [1.82, 2.24) is 5.32 Å². The third kappa shape index (κ3) is 3.33. The van der Waals surface area contributed by atoms with E-state index in [1.54, 1.807) is 0 Å². The summed E-state index contributed by atoms with van der Waals surface area (Å²) < 4.78 is 26.5. The van der Waals surface area contributed by atoms with Crippen LogP contribution in [-0.4, -0.2) is 18.0 Å². The number of nitrogens with one attached hydrogen (secondary N) is 1. The maximum absolute atomic E-state index is 13.5. The van der Waals surface area contributed by atoms with Crippen molar-refractivity contribution in [2.75, 3.05) is 6.54 Å². The Morgan fingerprint density at radius 1 is 1.45 bits per heavy atom. The molecule has 0 aromatic heterocycles. The smallest absolute Gasteiger partial charge is 0.220 e. The van der Waals surface area contributed by atoms with Crippen LogP contribution in [0.3, 0.4) is 0 Å². The van der Waals surface area contributed by atoms with Gasteiger partial charge in [-0.2, -0.15) is 0 Å². The number of aryl methyl sites for hydroxylation is 1. The Hall–Kier alpha value is -1.49. The van der Waals surface area contributed by atoms with E-state index in [-0.39, 0.29) is 29.9 Å². The van der Waals surface area contributed by atoms with Crippen molar-refractivity contribution in [3.05, 3.63) is 35.4 Å². The highest BCUT2D eigenvalue weighted by atomic mass is 19.2. The van der Waals surface area contributed by atoms with Crippen LogP contribution in [0.15, 0.2) is 18.2 Å². The van der Waals surface area contributed by atoms with Crippen LogP contribution in [0.5, 0.6) is 0 Å². The van der Waals surface area contributed by atoms with Gasteiger partial charge in [-0.15, -0.1) is 0 Å². The highest BCUT2D eigenvalue weighted by molar-refractivity contribution is 5.77. The predicted octanol–water partition coefficient (Wildman–Crippen LogP) is 2.14. The summed E-state index contributed by atoms with van der Waals surface area (Å²) >= 11 is 0. The molecule has 0 saturated heterocycles. The highest BCUT2D eigenvalue weighted by Gasteiger charge is 2.41. The van der Waals surface area contributed by atoms with E-state index < -0.39 is 11.6 Å². The summed E-state index contributed by atoms with van der Waals surface area (Å²) in [7, 11) is 0. The molecule has 3 nitrogen and oxygen atoms in total. The molecule has 1 aromatic rings. The summed E-state index contributed by atoms with van der Waals surface area (Å²) in [6.45, 7) is 2.32. The minimum Gasteiger partial charge on any atom is -0.349 e. The first-order chi connectivity index (χ1) is 9.46. The first-order valence-electron chi connectivity index (χ1n) is 6.90. The lowest BCUT2D eigenvalue weighted by Crippen LogP contribution is -2.53. The first-order valence-corrected chi connectivity index (χ1v) is 6.90. The molecule has 20 heavy (non-hydrogen) atoms. The molecule has 1 saturated carbocycles. The lowest BCUT2D eigenvalue weighted by molar-refractivity contribution is -0.123. The second-order valence-corrected chi connectivity index (χ2v) is 5.66. The van der Waals surface area contributed by atoms with Gasteiger partial charge in [-0.3, -0.25) is 4.79 Å². The average molecular weight is 282 g/mol. The maximum Gasteiger partial charge on any atom is 0.220 e. The molecule has 5 heteroatoms. The van der Waals surface area contributed by atoms with Gasteiger partial charge in [0.25, 0.3) is 0 Å². The Balaban J connectivity index is 1.90. The highest BCUT2D eigenvalue weighted by Crippen LogP contribution is 2.39. The molecular formula is C15H20F2N2O. The van der Waals surface area contributed by atoms with Crippen LogP contribution in [0.1, 0.15) is 31.7 Å². The molecule has 0 heterocycles. The van der Waals surface area contributed by atoms with Crippen LogP contribution in [-0.2, 0) is 11.2 Å². The van der Waals surface area contributed by atoms with Crippen LogP contribution in [0, 0.1) is 17.6 Å². The van der Waals surface area contributed by atoms with Gasteiger partial charge in [-0.05, 0) is 43.7 Å². The van der Waals surface area contributed by atoms with E-state index in [1.165, 1.54) is 12.1 Å². The summed E-state index contributed by atoms with van der Waals surface area (Å²) in [6.07, 6.45) is 2.46. The van der Waals surface area contributed by atoms with Gasteiger partial charge in [0.15, 0.2) is 11.6 Å². The number of nitrogens with two attached hydrogens (primary N) is 1. The van der Waals surface area contributed by atoms with Crippen molar-refractivity contribution in [3.8, 4) is 0 Å². The topological polar surface area (TPSA) is 55.1 Å². The Kier molecular flexibility index (Phi) is 4.38. The van der Waals surface area contributed by atoms with E-state index >= 15 is 0 Å². The molecule has 3 N–H and O–H groups in total. The Morgan fingerprint density at radius 2 is 2.15 bits per heavy atom. The summed E-state index contributed by atoms with van der Waals surface area (Å²) in [4.78, 5) is 11.9. The third-order valence-corrected chi connectivity index (χ3v) is 3.98. The average Bonchev–Trinajstić information content (AvgIpc) is 3.25. The fourth-order valence-corrected chi connectivity index (χ4v) is 2.41. The minimum atomic E-state index is -0.882. The molecule has 0 spiro atoms. The van der Waals surface area contributed by atoms with E-state index in [2.05, 4.69) is 5.32 Å². The molecule has 1 aliphatic rings. The van der Waals surface area contributed by atoms with Gasteiger partial charge in [-0.25, -0.2) is 8.78 Å². The number of hydrogen-bond acceptors (Lipinski definition) is 2. The number of carbonyl (C=O) groups excluding carboxylic acids is 1. The summed E-state index contributed by atoms with van der Waals surface area (Å²) in [5.41, 5.74) is 5.57. The fourth-order valence-electron chi connectivity index (χ4n) is 2.41. The lowest BCUT2D eigenvalue weighted by atomic mass is 9.95. The second-order valence-electron chi connectivity index (χ2n) is 5.66. The predicted molar refractivity (Wildman–Crippen MR) is 73.0 cm³/mol. The normalized spacial score (nSPS) is 17.6. The van der Waals surface area contributed by atoms with Gasteiger partial charge in [0.05, 0.1) is 5.54 Å². The van der Waals surface area contributed by atoms with Crippen molar-refractivity contribution in [1.29, 1.82) is 0 Å². The van der Waals surface area contributed by atoms with Crippen LogP contribution < -0.4 is 11.1 Å². The zero-order chi connectivity index (χ0) is 14.8. The Labute approximate surface area is 117 Å².